The van der Waals surface area contributed by atoms with Crippen LogP contribution in [0.1, 0.15) is 37.8 Å². The molecule has 38 heavy (non-hydrogen) atoms. The van der Waals surface area contributed by atoms with E-state index in [1.807, 2.05) is 29.2 Å². The molecule has 2 amide bonds. The maximum Gasteiger partial charge on any atom is 0.310 e. The predicted molar refractivity (Wildman–Crippen MR) is 147 cm³/mol. The molecule has 0 aliphatic carbocycles. The average molecular weight is 523 g/mol. The van der Waals surface area contributed by atoms with Crippen molar-refractivity contribution >= 4 is 34.3 Å². The zero-order valence-electron chi connectivity index (χ0n) is 22.2. The van der Waals surface area contributed by atoms with Crippen molar-refractivity contribution < 1.29 is 24.0 Å². The third-order valence-electron chi connectivity index (χ3n) is 6.66. The number of anilines is 1. The van der Waals surface area contributed by atoms with Gasteiger partial charge in [0.15, 0.2) is 5.75 Å². The first kappa shape index (κ1) is 28.2. The van der Waals surface area contributed by atoms with E-state index in [1.54, 1.807) is 38.0 Å². The summed E-state index contributed by atoms with van der Waals surface area (Å²) in [6, 6.07) is 10.6. The van der Waals surface area contributed by atoms with Crippen LogP contribution in [0.15, 0.2) is 48.6 Å². The van der Waals surface area contributed by atoms with Crippen molar-refractivity contribution in [2.45, 2.75) is 26.7 Å². The van der Waals surface area contributed by atoms with Gasteiger partial charge in [-0.3, -0.25) is 19.7 Å². The Kier molecular flexibility index (Phi) is 9.48. The van der Waals surface area contributed by atoms with Gasteiger partial charge >= 0.3 is 5.69 Å². The molecule has 0 saturated heterocycles. The summed E-state index contributed by atoms with van der Waals surface area (Å²) in [4.78, 5) is 36.5. The fourth-order valence-corrected chi connectivity index (χ4v) is 4.37. The van der Waals surface area contributed by atoms with E-state index in [-0.39, 0.29) is 23.3 Å². The second-order valence-electron chi connectivity index (χ2n) is 8.99. The van der Waals surface area contributed by atoms with Gasteiger partial charge in [0.25, 0.3) is 0 Å². The summed E-state index contributed by atoms with van der Waals surface area (Å²) in [7, 11) is 3.03. The molecule has 2 aliphatic rings. The molecule has 0 aromatic heterocycles. The Morgan fingerprint density at radius 1 is 0.842 bits per heavy atom. The molecule has 0 saturated carbocycles. The average Bonchev–Trinajstić information content (AvgIpc) is 2.93. The standard InChI is InChI=1S/C14H16N2O4.C14H18N2O2/c1-10(17)15-7-5-11(6-8-15)12-3-4-13(16(18)19)14(9-12)20-2;1-10(17)16-7-5-11(6-8-16)12-3-4-13(15)14(9-12)18-2/h3-5,9H,6-8H2,1-2H3;3-5,9H,6-8,15H2,1-2H3. The number of carbonyl (C=O) groups excluding carboxylic acids is 2. The molecule has 0 fully saturated rings. The van der Waals surface area contributed by atoms with E-state index in [0.29, 0.717) is 31.1 Å². The van der Waals surface area contributed by atoms with Crippen LogP contribution < -0.4 is 15.2 Å². The molecule has 4 rings (SSSR count). The monoisotopic (exact) mass is 522 g/mol. The summed E-state index contributed by atoms with van der Waals surface area (Å²) in [5.74, 6) is 1.13. The summed E-state index contributed by atoms with van der Waals surface area (Å²) in [5.41, 5.74) is 10.7. The minimum atomic E-state index is -0.463. The second kappa shape index (κ2) is 12.8. The van der Waals surface area contributed by atoms with Crippen LogP contribution >= 0.6 is 0 Å². The van der Waals surface area contributed by atoms with Crippen molar-refractivity contribution in [3.63, 3.8) is 0 Å². The minimum absolute atomic E-state index is 0.0435. The molecule has 0 atom stereocenters. The van der Waals surface area contributed by atoms with Crippen molar-refractivity contribution in [3.05, 3.63) is 69.8 Å². The van der Waals surface area contributed by atoms with E-state index in [0.717, 1.165) is 36.1 Å². The molecule has 2 heterocycles. The van der Waals surface area contributed by atoms with E-state index >= 15 is 0 Å². The quantitative estimate of drug-likeness (QED) is 0.355. The summed E-state index contributed by atoms with van der Waals surface area (Å²) in [6.45, 7) is 5.84. The smallest absolute Gasteiger partial charge is 0.310 e. The fraction of sp³-hybridized carbons (Fsp3) is 0.357. The van der Waals surface area contributed by atoms with E-state index in [2.05, 4.69) is 6.08 Å². The molecule has 0 bridgehead atoms. The Morgan fingerprint density at radius 3 is 1.71 bits per heavy atom. The Labute approximate surface area is 222 Å². The van der Waals surface area contributed by atoms with Gasteiger partial charge in [-0.05, 0) is 59.4 Å². The lowest BCUT2D eigenvalue weighted by atomic mass is 9.99. The van der Waals surface area contributed by atoms with Crippen molar-refractivity contribution in [3.8, 4) is 11.5 Å². The number of ether oxygens (including phenoxy) is 2. The fourth-order valence-electron chi connectivity index (χ4n) is 4.37. The van der Waals surface area contributed by atoms with Gasteiger partial charge in [0.05, 0.1) is 24.8 Å². The Hall–Kier alpha value is -4.34. The van der Waals surface area contributed by atoms with E-state index in [4.69, 9.17) is 15.2 Å². The molecule has 0 unspecified atom stereocenters. The highest BCUT2D eigenvalue weighted by atomic mass is 16.6. The number of nitro groups is 1. The Morgan fingerprint density at radius 2 is 1.32 bits per heavy atom. The van der Waals surface area contributed by atoms with Gasteiger partial charge in [0, 0.05) is 46.1 Å². The normalized spacial score (nSPS) is 14.9. The molecule has 2 aliphatic heterocycles. The molecule has 2 aromatic rings. The van der Waals surface area contributed by atoms with Gasteiger partial charge in [-0.15, -0.1) is 0 Å². The van der Waals surface area contributed by atoms with Gasteiger partial charge in [-0.2, -0.15) is 0 Å². The van der Waals surface area contributed by atoms with Crippen molar-refractivity contribution in [2.24, 2.45) is 0 Å². The predicted octanol–water partition coefficient (Wildman–Crippen LogP) is 4.15. The maximum atomic E-state index is 11.3. The van der Waals surface area contributed by atoms with E-state index < -0.39 is 4.92 Å². The molecule has 0 spiro atoms. The van der Waals surface area contributed by atoms with Crippen LogP contribution in [0.2, 0.25) is 0 Å². The number of carbonyl (C=O) groups is 2. The highest BCUT2D eigenvalue weighted by Crippen LogP contribution is 2.32. The lowest BCUT2D eigenvalue weighted by molar-refractivity contribution is -0.385. The molecule has 2 aromatic carbocycles. The number of methoxy groups -OCH3 is 2. The van der Waals surface area contributed by atoms with Gasteiger partial charge < -0.3 is 25.0 Å². The zero-order chi connectivity index (χ0) is 27.8. The van der Waals surface area contributed by atoms with Crippen molar-refractivity contribution in [2.75, 3.05) is 46.1 Å². The van der Waals surface area contributed by atoms with Crippen molar-refractivity contribution in [1.82, 2.24) is 9.80 Å². The maximum absolute atomic E-state index is 11.3. The van der Waals surface area contributed by atoms with Crippen LogP contribution in [0, 0.1) is 10.1 Å². The number of nitrogens with zero attached hydrogens (tertiary/aromatic N) is 3. The second-order valence-corrected chi connectivity index (χ2v) is 8.99. The summed E-state index contributed by atoms with van der Waals surface area (Å²) < 4.78 is 10.3. The number of benzene rings is 2. The van der Waals surface area contributed by atoms with Gasteiger partial charge in [-0.25, -0.2) is 0 Å². The SMILES string of the molecule is COc1cc(C2=CCN(C(C)=O)CC2)ccc1N.COc1cc(C2=CCN(C(C)=O)CC2)ccc1[N+](=O)[O-]. The molecule has 2 N–H and O–H groups in total. The van der Waals surface area contributed by atoms with Gasteiger partial charge in [0.1, 0.15) is 5.75 Å². The Bertz CT molecular complexity index is 1270. The van der Waals surface area contributed by atoms with E-state index in [1.165, 1.54) is 18.7 Å². The lowest BCUT2D eigenvalue weighted by Crippen LogP contribution is -2.32. The third-order valence-corrected chi connectivity index (χ3v) is 6.66. The summed E-state index contributed by atoms with van der Waals surface area (Å²) >= 11 is 0. The number of amides is 2. The number of hydrogen-bond acceptors (Lipinski definition) is 7. The number of nitrogens with two attached hydrogens (primary N) is 1. The van der Waals surface area contributed by atoms with Crippen LogP contribution in [0.4, 0.5) is 11.4 Å². The Balaban J connectivity index is 0.000000212. The van der Waals surface area contributed by atoms with Gasteiger partial charge in [-0.1, -0.05) is 18.2 Å². The molecule has 202 valence electrons. The first-order valence-electron chi connectivity index (χ1n) is 12.3. The van der Waals surface area contributed by atoms with Gasteiger partial charge in [0.2, 0.25) is 11.8 Å². The zero-order valence-corrected chi connectivity index (χ0v) is 22.2. The van der Waals surface area contributed by atoms with Crippen LogP contribution in [0.3, 0.4) is 0 Å². The largest absolute Gasteiger partial charge is 0.495 e. The van der Waals surface area contributed by atoms with Crippen LogP contribution in [0.5, 0.6) is 11.5 Å². The van der Waals surface area contributed by atoms with Crippen molar-refractivity contribution in [1.29, 1.82) is 0 Å². The van der Waals surface area contributed by atoms with Crippen LogP contribution in [-0.2, 0) is 9.59 Å². The minimum Gasteiger partial charge on any atom is -0.495 e. The van der Waals surface area contributed by atoms with Crippen LogP contribution in [0.25, 0.3) is 11.1 Å². The molecular formula is C28H34N4O6. The van der Waals surface area contributed by atoms with Crippen LogP contribution in [-0.4, -0.2) is 66.9 Å². The number of hydrogen-bond donors (Lipinski definition) is 1. The lowest BCUT2D eigenvalue weighted by Gasteiger charge is -2.25. The molecule has 0 radical (unpaired) electrons. The highest BCUT2D eigenvalue weighted by molar-refractivity contribution is 5.77. The summed E-state index contributed by atoms with van der Waals surface area (Å²) in [6.07, 6.45) is 5.68. The number of rotatable bonds is 5. The molecule has 10 nitrogen and oxygen atoms in total. The third kappa shape index (κ3) is 6.90. The van der Waals surface area contributed by atoms with E-state index in [9.17, 15) is 19.7 Å². The molecular weight excluding hydrogens is 488 g/mol. The molecule has 10 heteroatoms. The topological polar surface area (TPSA) is 128 Å². The number of nitro benzene ring substituents is 1. The summed E-state index contributed by atoms with van der Waals surface area (Å²) in [5, 5.41) is 10.9. The highest BCUT2D eigenvalue weighted by Gasteiger charge is 2.19. The number of nitrogen functional groups attached to an aromatic ring is 1. The first-order valence-corrected chi connectivity index (χ1v) is 12.3. The first-order chi connectivity index (χ1) is 18.1.